The summed E-state index contributed by atoms with van der Waals surface area (Å²) in [6.45, 7) is 8.44. The average Bonchev–Trinajstić information content (AvgIpc) is 3.20. The van der Waals surface area contributed by atoms with Crippen LogP contribution >= 0.6 is 0 Å². The maximum absolute atomic E-state index is 12.1. The third-order valence-electron chi connectivity index (χ3n) is 5.10. The molecule has 1 aromatic heterocycles. The molecule has 0 aliphatic heterocycles. The lowest BCUT2D eigenvalue weighted by atomic mass is 9.82. The molecule has 2 atom stereocenters. The molecule has 3 rings (SSSR count). The van der Waals surface area contributed by atoms with Crippen molar-refractivity contribution >= 4 is 17.6 Å². The lowest BCUT2D eigenvalue weighted by Gasteiger charge is -2.30. The predicted molar refractivity (Wildman–Crippen MR) is 122 cm³/mol. The average molecular weight is 436 g/mol. The predicted octanol–water partition coefficient (Wildman–Crippen LogP) is 3.73. The summed E-state index contributed by atoms with van der Waals surface area (Å²) in [6, 6.07) is 16.2. The summed E-state index contributed by atoms with van der Waals surface area (Å²) >= 11 is 0. The molecule has 0 saturated carbocycles. The highest BCUT2D eigenvalue weighted by atomic mass is 16.4. The van der Waals surface area contributed by atoms with E-state index in [1.165, 1.54) is 12.5 Å². The Bertz CT molecular complexity index is 1060. The first-order valence-electron chi connectivity index (χ1n) is 10.5. The first kappa shape index (κ1) is 23.0. The summed E-state index contributed by atoms with van der Waals surface area (Å²) in [4.78, 5) is 23.0. The van der Waals surface area contributed by atoms with E-state index in [1.807, 2.05) is 29.1 Å². The van der Waals surface area contributed by atoms with E-state index in [0.717, 1.165) is 11.4 Å². The Labute approximate surface area is 187 Å². The van der Waals surface area contributed by atoms with Gasteiger partial charge in [-0.25, -0.2) is 4.68 Å². The number of carbonyl (C=O) groups is 2. The molecule has 1 heterocycles. The fourth-order valence-corrected chi connectivity index (χ4v) is 3.48. The zero-order chi connectivity index (χ0) is 23.3. The number of aromatic nitrogens is 3. The minimum Gasteiger partial charge on any atom is -0.480 e. The van der Waals surface area contributed by atoms with Gasteiger partial charge in [0, 0.05) is 11.3 Å². The molecule has 0 spiro atoms. The van der Waals surface area contributed by atoms with Crippen molar-refractivity contribution in [3.8, 4) is 0 Å². The molecule has 8 heteroatoms. The van der Waals surface area contributed by atoms with Crippen LogP contribution in [0.1, 0.15) is 55.4 Å². The number of carboxylic acid groups (broad SMARTS) is 1. The number of hydrogen-bond acceptors (Lipinski definition) is 5. The highest BCUT2D eigenvalue weighted by Gasteiger charge is 2.29. The Kier molecular flexibility index (Phi) is 6.92. The number of aliphatic carboxylic acids is 1. The Morgan fingerprint density at radius 1 is 1.06 bits per heavy atom. The lowest BCUT2D eigenvalue weighted by Crippen LogP contribution is -2.38. The molecule has 168 valence electrons. The molecule has 0 bridgehead atoms. The van der Waals surface area contributed by atoms with Gasteiger partial charge in [-0.05, 0) is 42.2 Å². The van der Waals surface area contributed by atoms with E-state index >= 15 is 0 Å². The minimum absolute atomic E-state index is 0.0473. The summed E-state index contributed by atoms with van der Waals surface area (Å²) in [7, 11) is 0. The zero-order valence-electron chi connectivity index (χ0n) is 18.7. The number of amides is 1. The topological polar surface area (TPSA) is 109 Å². The van der Waals surface area contributed by atoms with Crippen LogP contribution in [0.5, 0.6) is 0 Å². The number of anilines is 1. The number of rotatable bonds is 8. The molecular weight excluding hydrogens is 406 g/mol. The SMILES string of the molecule is CC(NC(=O)c1ccc(NCc2cn(C(c3ccccc3)C(C)(C)C)nn2)cc1)C(=O)O. The molecule has 2 unspecified atom stereocenters. The van der Waals surface area contributed by atoms with Crippen LogP contribution in [-0.2, 0) is 11.3 Å². The highest BCUT2D eigenvalue weighted by Crippen LogP contribution is 2.35. The monoisotopic (exact) mass is 435 g/mol. The summed E-state index contributed by atoms with van der Waals surface area (Å²) in [5, 5.41) is 23.3. The van der Waals surface area contributed by atoms with E-state index in [2.05, 4.69) is 53.8 Å². The van der Waals surface area contributed by atoms with Crippen molar-refractivity contribution in [1.29, 1.82) is 0 Å². The molecular formula is C24H29N5O3. The molecule has 3 N–H and O–H groups in total. The van der Waals surface area contributed by atoms with Crippen LogP contribution in [0.15, 0.2) is 60.8 Å². The fraction of sp³-hybridized carbons (Fsp3) is 0.333. The van der Waals surface area contributed by atoms with Crippen LogP contribution in [0.2, 0.25) is 0 Å². The molecule has 2 aromatic carbocycles. The van der Waals surface area contributed by atoms with Gasteiger partial charge in [-0.2, -0.15) is 0 Å². The number of carboxylic acids is 1. The van der Waals surface area contributed by atoms with Crippen LogP contribution in [-0.4, -0.2) is 38.0 Å². The van der Waals surface area contributed by atoms with Crippen LogP contribution in [0, 0.1) is 5.41 Å². The van der Waals surface area contributed by atoms with E-state index in [4.69, 9.17) is 5.11 Å². The van der Waals surface area contributed by atoms with E-state index in [-0.39, 0.29) is 11.5 Å². The smallest absolute Gasteiger partial charge is 0.325 e. The van der Waals surface area contributed by atoms with Crippen LogP contribution in [0.25, 0.3) is 0 Å². The molecule has 8 nitrogen and oxygen atoms in total. The number of nitrogens with one attached hydrogen (secondary N) is 2. The quantitative estimate of drug-likeness (QED) is 0.497. The summed E-state index contributed by atoms with van der Waals surface area (Å²) in [6.07, 6.45) is 1.95. The molecule has 0 saturated heterocycles. The van der Waals surface area contributed by atoms with Gasteiger partial charge in [-0.15, -0.1) is 5.10 Å². The Morgan fingerprint density at radius 2 is 1.72 bits per heavy atom. The van der Waals surface area contributed by atoms with Gasteiger partial charge in [0.2, 0.25) is 0 Å². The van der Waals surface area contributed by atoms with Crippen molar-refractivity contribution in [2.24, 2.45) is 5.41 Å². The molecule has 0 radical (unpaired) electrons. The van der Waals surface area contributed by atoms with E-state index in [1.54, 1.807) is 24.3 Å². The Balaban J connectivity index is 1.65. The van der Waals surface area contributed by atoms with Crippen molar-refractivity contribution < 1.29 is 14.7 Å². The van der Waals surface area contributed by atoms with Gasteiger partial charge in [-0.1, -0.05) is 56.3 Å². The number of hydrogen-bond donors (Lipinski definition) is 3. The summed E-state index contributed by atoms with van der Waals surface area (Å²) < 4.78 is 1.91. The molecule has 0 aliphatic carbocycles. The largest absolute Gasteiger partial charge is 0.480 e. The van der Waals surface area contributed by atoms with Crippen molar-refractivity contribution in [2.75, 3.05) is 5.32 Å². The van der Waals surface area contributed by atoms with Gasteiger partial charge < -0.3 is 15.7 Å². The lowest BCUT2D eigenvalue weighted by molar-refractivity contribution is -0.138. The highest BCUT2D eigenvalue weighted by molar-refractivity contribution is 5.96. The third kappa shape index (κ3) is 5.72. The molecule has 0 fully saturated rings. The second-order valence-corrected chi connectivity index (χ2v) is 8.83. The number of benzene rings is 2. The normalized spacial score (nSPS) is 13.2. The second-order valence-electron chi connectivity index (χ2n) is 8.83. The Morgan fingerprint density at radius 3 is 2.31 bits per heavy atom. The van der Waals surface area contributed by atoms with Gasteiger partial charge in [0.05, 0.1) is 18.8 Å². The van der Waals surface area contributed by atoms with Crippen LogP contribution in [0.3, 0.4) is 0 Å². The maximum atomic E-state index is 12.1. The van der Waals surface area contributed by atoms with Gasteiger partial charge in [0.15, 0.2) is 0 Å². The molecule has 32 heavy (non-hydrogen) atoms. The van der Waals surface area contributed by atoms with E-state index < -0.39 is 17.9 Å². The third-order valence-corrected chi connectivity index (χ3v) is 5.10. The molecule has 0 aliphatic rings. The van der Waals surface area contributed by atoms with Gasteiger partial charge >= 0.3 is 5.97 Å². The first-order valence-corrected chi connectivity index (χ1v) is 10.5. The van der Waals surface area contributed by atoms with Crippen LogP contribution < -0.4 is 10.6 Å². The van der Waals surface area contributed by atoms with Gasteiger partial charge in [-0.3, -0.25) is 9.59 Å². The van der Waals surface area contributed by atoms with E-state index in [0.29, 0.717) is 12.1 Å². The van der Waals surface area contributed by atoms with E-state index in [9.17, 15) is 9.59 Å². The zero-order valence-corrected chi connectivity index (χ0v) is 18.7. The Hall–Kier alpha value is -3.68. The van der Waals surface area contributed by atoms with Gasteiger partial charge in [0.1, 0.15) is 11.7 Å². The van der Waals surface area contributed by atoms with Crippen molar-refractivity contribution in [3.63, 3.8) is 0 Å². The van der Waals surface area contributed by atoms with Crippen molar-refractivity contribution in [1.82, 2.24) is 20.3 Å². The van der Waals surface area contributed by atoms with Crippen LogP contribution in [0.4, 0.5) is 5.69 Å². The minimum atomic E-state index is -1.08. The standard InChI is InChI=1S/C24H29N5O3/c1-16(23(31)32)26-22(30)18-10-12-19(13-11-18)25-14-20-15-29(28-27-20)21(24(2,3)4)17-8-6-5-7-9-17/h5-13,15-16,21,25H,14H2,1-4H3,(H,26,30)(H,31,32). The van der Waals surface area contributed by atoms with Crippen molar-refractivity contribution in [2.45, 2.75) is 46.3 Å². The fourth-order valence-electron chi connectivity index (χ4n) is 3.48. The maximum Gasteiger partial charge on any atom is 0.325 e. The summed E-state index contributed by atoms with van der Waals surface area (Å²) in [5.74, 6) is -1.51. The van der Waals surface area contributed by atoms with Gasteiger partial charge in [0.25, 0.3) is 5.91 Å². The molecule has 3 aromatic rings. The first-order chi connectivity index (χ1) is 15.1. The van der Waals surface area contributed by atoms with Crippen molar-refractivity contribution in [3.05, 3.63) is 77.6 Å². The number of carbonyl (C=O) groups excluding carboxylic acids is 1. The summed E-state index contributed by atoms with van der Waals surface area (Å²) in [5.41, 5.74) is 3.14. The number of nitrogens with zero attached hydrogens (tertiary/aromatic N) is 3. The second kappa shape index (κ2) is 9.64. The molecule has 1 amide bonds.